The van der Waals surface area contributed by atoms with Crippen molar-refractivity contribution in [3.63, 3.8) is 0 Å². The molecule has 2 heterocycles. The summed E-state index contributed by atoms with van der Waals surface area (Å²) in [5.74, 6) is 0. The molecule has 0 spiro atoms. The zero-order valence-corrected chi connectivity index (χ0v) is 28.6. The van der Waals surface area contributed by atoms with Crippen molar-refractivity contribution in [3.8, 4) is 16.8 Å². The second kappa shape index (κ2) is 11.4. The molecule has 0 saturated heterocycles. The maximum Gasteiger partial charge on any atom is 0.0561 e. The Morgan fingerprint density at radius 3 is 2.16 bits per heavy atom. The molecule has 1 atom stereocenters. The van der Waals surface area contributed by atoms with Crippen molar-refractivity contribution >= 4 is 67.0 Å². The van der Waals surface area contributed by atoms with Gasteiger partial charge in [-0.3, -0.25) is 0 Å². The molecule has 0 fully saturated rings. The molecule has 50 heavy (non-hydrogen) atoms. The normalized spacial score (nSPS) is 16.5. The van der Waals surface area contributed by atoms with Crippen LogP contribution in [0.3, 0.4) is 0 Å². The zero-order valence-electron chi connectivity index (χ0n) is 27.8. The van der Waals surface area contributed by atoms with Gasteiger partial charge in [0.25, 0.3) is 0 Å². The number of para-hydroxylation sites is 2. The molecule has 1 aliphatic heterocycles. The van der Waals surface area contributed by atoms with Gasteiger partial charge in [0, 0.05) is 43.2 Å². The Morgan fingerprint density at radius 2 is 1.30 bits per heavy atom. The van der Waals surface area contributed by atoms with E-state index in [4.69, 9.17) is 0 Å². The summed E-state index contributed by atoms with van der Waals surface area (Å²) in [7, 11) is 0. The van der Waals surface area contributed by atoms with Crippen LogP contribution in [0, 0.1) is 0 Å². The van der Waals surface area contributed by atoms with Crippen LogP contribution < -0.4 is 4.90 Å². The molecule has 0 bridgehead atoms. The van der Waals surface area contributed by atoms with Crippen LogP contribution in [-0.4, -0.2) is 9.31 Å². The fourth-order valence-corrected chi connectivity index (χ4v) is 9.36. The Kier molecular flexibility index (Phi) is 6.65. The van der Waals surface area contributed by atoms with Gasteiger partial charge in [0.2, 0.25) is 0 Å². The van der Waals surface area contributed by atoms with Crippen molar-refractivity contribution in [1.82, 2.24) is 4.57 Å². The Bertz CT molecular complexity index is 2670. The van der Waals surface area contributed by atoms with Crippen molar-refractivity contribution < 1.29 is 0 Å². The van der Waals surface area contributed by atoms with Crippen LogP contribution in [0.15, 0.2) is 181 Å². The number of fused-ring (bicyclic) bond motifs is 7. The van der Waals surface area contributed by atoms with E-state index in [0.717, 1.165) is 29.2 Å². The Balaban J connectivity index is 1.16. The molecule has 1 aromatic heterocycles. The Morgan fingerprint density at radius 1 is 0.580 bits per heavy atom. The van der Waals surface area contributed by atoms with E-state index >= 15 is 0 Å². The van der Waals surface area contributed by atoms with E-state index in [1.54, 1.807) is 0 Å². The molecule has 1 aliphatic carbocycles. The number of rotatable bonds is 5. The number of aromatic nitrogens is 1. The third-order valence-corrected chi connectivity index (χ3v) is 11.9. The number of anilines is 3. The quantitative estimate of drug-likeness (QED) is 0.182. The van der Waals surface area contributed by atoms with E-state index in [-0.39, 0.29) is 4.75 Å². The number of thioether (sulfide) groups is 1. The summed E-state index contributed by atoms with van der Waals surface area (Å²) < 4.78 is 2.55. The van der Waals surface area contributed by atoms with E-state index in [1.807, 2.05) is 11.8 Å². The van der Waals surface area contributed by atoms with E-state index in [9.17, 15) is 0 Å². The van der Waals surface area contributed by atoms with Crippen molar-refractivity contribution in [2.45, 2.75) is 23.0 Å². The van der Waals surface area contributed by atoms with Gasteiger partial charge in [0.05, 0.1) is 11.0 Å². The lowest BCUT2D eigenvalue weighted by molar-refractivity contribution is 0.829. The van der Waals surface area contributed by atoms with Crippen molar-refractivity contribution in [2.75, 3.05) is 4.90 Å². The largest absolute Gasteiger partial charge is 0.310 e. The lowest BCUT2D eigenvalue weighted by atomic mass is 9.86. The highest BCUT2D eigenvalue weighted by Gasteiger charge is 2.38. The molecular formula is C47H34N2S. The predicted molar refractivity (Wildman–Crippen MR) is 214 cm³/mol. The SMILES string of the molecule is CC12CC=CC=C1c1cc(-c3ccc4c(c3)c3ccc(N(c5ccccc5)c5ccc6ccccc6c5)cc3n4-c3ccccc3)ccc1S2. The van der Waals surface area contributed by atoms with Crippen LogP contribution in [0.5, 0.6) is 0 Å². The number of nitrogens with zero attached hydrogens (tertiary/aromatic N) is 2. The first-order valence-corrected chi connectivity index (χ1v) is 18.1. The van der Waals surface area contributed by atoms with Gasteiger partial charge in [-0.1, -0.05) is 103 Å². The van der Waals surface area contributed by atoms with Crippen LogP contribution >= 0.6 is 11.8 Å². The summed E-state index contributed by atoms with van der Waals surface area (Å²) in [4.78, 5) is 3.75. The first-order valence-electron chi connectivity index (χ1n) is 17.3. The zero-order chi connectivity index (χ0) is 33.2. The molecule has 2 nitrogen and oxygen atoms in total. The highest BCUT2D eigenvalue weighted by molar-refractivity contribution is 8.01. The van der Waals surface area contributed by atoms with Crippen LogP contribution in [0.4, 0.5) is 17.1 Å². The molecule has 0 N–H and O–H groups in total. The highest BCUT2D eigenvalue weighted by Crippen LogP contribution is 2.56. The number of allylic oxidation sites excluding steroid dienone is 3. The highest BCUT2D eigenvalue weighted by atomic mass is 32.2. The third kappa shape index (κ3) is 4.65. The molecule has 8 aromatic rings. The standard InChI is InChI=1S/C47H34N2S/c1-47-27-11-10-18-43(47)42-30-35(21-26-46(42)50-47)34-20-25-44-41(29-34)40-24-23-39(31-45(40)49(44)37-16-6-3-7-17-37)48(36-14-4-2-5-15-36)38-22-19-32-12-8-9-13-33(32)28-38/h2-26,28-31H,27H2,1H3. The summed E-state index contributed by atoms with van der Waals surface area (Å²) in [6.45, 7) is 2.38. The van der Waals surface area contributed by atoms with Crippen molar-refractivity contribution in [1.29, 1.82) is 0 Å². The second-order valence-corrected chi connectivity index (χ2v) is 15.1. The average Bonchev–Trinajstić information content (AvgIpc) is 3.66. The molecule has 1 unspecified atom stereocenters. The summed E-state index contributed by atoms with van der Waals surface area (Å²) >= 11 is 2.01. The smallest absolute Gasteiger partial charge is 0.0561 e. The maximum absolute atomic E-state index is 2.42. The summed E-state index contributed by atoms with van der Waals surface area (Å²) in [6.07, 6.45) is 7.91. The van der Waals surface area contributed by atoms with Gasteiger partial charge >= 0.3 is 0 Å². The Hall–Kier alpha value is -5.77. The minimum absolute atomic E-state index is 0.126. The molecule has 0 radical (unpaired) electrons. The van der Waals surface area contributed by atoms with Gasteiger partial charge in [-0.25, -0.2) is 0 Å². The fourth-order valence-electron chi connectivity index (χ4n) is 7.99. The first kappa shape index (κ1) is 29.2. The molecule has 238 valence electrons. The van der Waals surface area contributed by atoms with Crippen LogP contribution in [0.2, 0.25) is 0 Å². The molecule has 2 aliphatic rings. The monoisotopic (exact) mass is 658 g/mol. The second-order valence-electron chi connectivity index (χ2n) is 13.6. The number of benzene rings is 7. The predicted octanol–water partition coefficient (Wildman–Crippen LogP) is 13.3. The van der Waals surface area contributed by atoms with Gasteiger partial charge in [-0.15, -0.1) is 11.8 Å². The van der Waals surface area contributed by atoms with E-state index < -0.39 is 0 Å². The number of hydrogen-bond acceptors (Lipinski definition) is 2. The van der Waals surface area contributed by atoms with Crippen LogP contribution in [0.1, 0.15) is 18.9 Å². The lowest BCUT2D eigenvalue weighted by Gasteiger charge is -2.26. The van der Waals surface area contributed by atoms with Gasteiger partial charge < -0.3 is 9.47 Å². The molecule has 10 rings (SSSR count). The average molecular weight is 659 g/mol. The minimum atomic E-state index is 0.126. The minimum Gasteiger partial charge on any atom is -0.310 e. The molecule has 0 saturated carbocycles. The van der Waals surface area contributed by atoms with Gasteiger partial charge in [-0.2, -0.15) is 0 Å². The van der Waals surface area contributed by atoms with E-state index in [1.165, 1.54) is 59.7 Å². The van der Waals surface area contributed by atoms with Crippen molar-refractivity contribution in [3.05, 3.63) is 182 Å². The fraction of sp³-hybridized carbons (Fsp3) is 0.0638. The van der Waals surface area contributed by atoms with Gasteiger partial charge in [-0.05, 0) is 119 Å². The number of hydrogen-bond donors (Lipinski definition) is 0. The molecular weight excluding hydrogens is 625 g/mol. The first-order chi connectivity index (χ1) is 24.6. The summed E-state index contributed by atoms with van der Waals surface area (Å²) in [6, 6.07) is 57.8. The lowest BCUT2D eigenvalue weighted by Crippen LogP contribution is -2.18. The van der Waals surface area contributed by atoms with Crippen LogP contribution in [-0.2, 0) is 0 Å². The molecule has 0 amide bonds. The summed E-state index contributed by atoms with van der Waals surface area (Å²) in [5.41, 5.74) is 12.2. The molecule has 3 heteroatoms. The Labute approximate surface area is 296 Å². The molecule has 7 aromatic carbocycles. The van der Waals surface area contributed by atoms with Gasteiger partial charge in [0.1, 0.15) is 0 Å². The topological polar surface area (TPSA) is 8.17 Å². The third-order valence-electron chi connectivity index (χ3n) is 10.4. The van der Waals surface area contributed by atoms with Gasteiger partial charge in [0.15, 0.2) is 0 Å². The van der Waals surface area contributed by atoms with E-state index in [0.29, 0.717) is 0 Å². The van der Waals surface area contributed by atoms with Crippen LogP contribution in [0.25, 0.3) is 55.0 Å². The van der Waals surface area contributed by atoms with E-state index in [2.05, 4.69) is 192 Å². The maximum atomic E-state index is 2.42. The summed E-state index contributed by atoms with van der Waals surface area (Å²) in [5, 5.41) is 4.96. The van der Waals surface area contributed by atoms with Crippen molar-refractivity contribution in [2.24, 2.45) is 0 Å².